The highest BCUT2D eigenvalue weighted by Crippen LogP contribution is 2.06. The van der Waals surface area contributed by atoms with Crippen LogP contribution in [0, 0.1) is 0 Å². The molecule has 1 heterocycles. The highest BCUT2D eigenvalue weighted by atomic mass is 32.1. The Bertz CT molecular complexity index is 285. The lowest BCUT2D eigenvalue weighted by Gasteiger charge is -2.10. The van der Waals surface area contributed by atoms with Gasteiger partial charge < -0.3 is 10.4 Å². The van der Waals surface area contributed by atoms with Crippen LogP contribution in [0.15, 0.2) is 16.8 Å². The van der Waals surface area contributed by atoms with Crippen LogP contribution < -0.4 is 5.32 Å². The van der Waals surface area contributed by atoms with Gasteiger partial charge in [0.2, 0.25) is 5.91 Å². The molecule has 1 unspecified atom stereocenters. The summed E-state index contributed by atoms with van der Waals surface area (Å²) in [6.07, 6.45) is 1.66. The van der Waals surface area contributed by atoms with Crippen molar-refractivity contribution in [2.45, 2.75) is 32.3 Å². The standard InChI is InChI=1S/C11H17NO2S/c1-2-3-10(13)7-12-11(14)6-9-4-5-15-8-9/h4-5,8,10,13H,2-3,6-7H2,1H3,(H,12,14). The lowest BCUT2D eigenvalue weighted by atomic mass is 10.2. The Morgan fingerprint density at radius 1 is 1.67 bits per heavy atom. The van der Waals surface area contributed by atoms with Crippen LogP contribution in [0.1, 0.15) is 25.3 Å². The largest absolute Gasteiger partial charge is 0.391 e. The van der Waals surface area contributed by atoms with Gasteiger partial charge in [0, 0.05) is 6.54 Å². The number of rotatable bonds is 6. The summed E-state index contributed by atoms with van der Waals surface area (Å²) >= 11 is 1.58. The summed E-state index contributed by atoms with van der Waals surface area (Å²) in [5.74, 6) is -0.0245. The van der Waals surface area contributed by atoms with E-state index in [1.165, 1.54) is 0 Å². The Morgan fingerprint density at radius 2 is 2.47 bits per heavy atom. The number of carbonyl (C=O) groups excluding carboxylic acids is 1. The molecule has 0 radical (unpaired) electrons. The lowest BCUT2D eigenvalue weighted by Crippen LogP contribution is -2.32. The minimum atomic E-state index is -0.415. The van der Waals surface area contributed by atoms with Gasteiger partial charge in [0.1, 0.15) is 0 Å². The molecule has 0 saturated carbocycles. The van der Waals surface area contributed by atoms with Crippen molar-refractivity contribution >= 4 is 17.2 Å². The van der Waals surface area contributed by atoms with Gasteiger partial charge in [-0.15, -0.1) is 0 Å². The molecule has 4 heteroatoms. The van der Waals surface area contributed by atoms with Crippen LogP contribution in [0.4, 0.5) is 0 Å². The van der Waals surface area contributed by atoms with E-state index < -0.39 is 6.10 Å². The molecule has 0 saturated heterocycles. The van der Waals surface area contributed by atoms with E-state index in [1.807, 2.05) is 23.8 Å². The van der Waals surface area contributed by atoms with Crippen LogP contribution in [0.3, 0.4) is 0 Å². The van der Waals surface area contributed by atoms with E-state index in [9.17, 15) is 9.90 Å². The summed E-state index contributed by atoms with van der Waals surface area (Å²) < 4.78 is 0. The maximum absolute atomic E-state index is 11.4. The molecular formula is C11H17NO2S. The van der Waals surface area contributed by atoms with E-state index in [0.29, 0.717) is 13.0 Å². The van der Waals surface area contributed by atoms with Crippen molar-refractivity contribution in [1.82, 2.24) is 5.32 Å². The molecule has 0 aromatic carbocycles. The van der Waals surface area contributed by atoms with Gasteiger partial charge in [-0.2, -0.15) is 11.3 Å². The number of thiophene rings is 1. The maximum Gasteiger partial charge on any atom is 0.224 e. The van der Waals surface area contributed by atoms with Gasteiger partial charge in [-0.3, -0.25) is 4.79 Å². The van der Waals surface area contributed by atoms with Gasteiger partial charge in [0.05, 0.1) is 12.5 Å². The summed E-state index contributed by atoms with van der Waals surface area (Å²) in [5, 5.41) is 16.0. The second-order valence-electron chi connectivity index (χ2n) is 3.55. The predicted octanol–water partition coefficient (Wildman–Crippen LogP) is 1.57. The third-order valence-corrected chi connectivity index (χ3v) is 2.83. The van der Waals surface area contributed by atoms with Gasteiger partial charge in [-0.05, 0) is 28.8 Å². The Kier molecular flexibility index (Phi) is 5.36. The highest BCUT2D eigenvalue weighted by molar-refractivity contribution is 7.07. The lowest BCUT2D eigenvalue weighted by molar-refractivity contribution is -0.120. The fourth-order valence-corrected chi connectivity index (χ4v) is 1.98. The Labute approximate surface area is 94.1 Å². The van der Waals surface area contributed by atoms with Crippen molar-refractivity contribution in [2.24, 2.45) is 0 Å². The van der Waals surface area contributed by atoms with E-state index in [2.05, 4.69) is 5.32 Å². The first-order chi connectivity index (χ1) is 7.22. The van der Waals surface area contributed by atoms with Gasteiger partial charge in [0.15, 0.2) is 0 Å². The molecule has 2 N–H and O–H groups in total. The average Bonchev–Trinajstić information content (AvgIpc) is 2.68. The molecular weight excluding hydrogens is 210 g/mol. The fourth-order valence-electron chi connectivity index (χ4n) is 1.31. The summed E-state index contributed by atoms with van der Waals surface area (Å²) in [7, 11) is 0. The Morgan fingerprint density at radius 3 is 3.07 bits per heavy atom. The van der Waals surface area contributed by atoms with Crippen LogP contribution in [0.5, 0.6) is 0 Å². The first-order valence-electron chi connectivity index (χ1n) is 5.18. The summed E-state index contributed by atoms with van der Waals surface area (Å²) in [6.45, 7) is 2.37. The summed E-state index contributed by atoms with van der Waals surface area (Å²) in [5.41, 5.74) is 1.03. The number of hydrogen-bond donors (Lipinski definition) is 2. The van der Waals surface area contributed by atoms with Crippen LogP contribution in [0.2, 0.25) is 0 Å². The zero-order chi connectivity index (χ0) is 11.1. The molecule has 84 valence electrons. The molecule has 0 fully saturated rings. The van der Waals surface area contributed by atoms with Crippen LogP contribution in [-0.2, 0) is 11.2 Å². The third kappa shape index (κ3) is 4.95. The number of nitrogens with one attached hydrogen (secondary N) is 1. The molecule has 0 spiro atoms. The first-order valence-corrected chi connectivity index (χ1v) is 6.12. The second kappa shape index (κ2) is 6.58. The van der Waals surface area contributed by atoms with Crippen molar-refractivity contribution in [1.29, 1.82) is 0 Å². The third-order valence-electron chi connectivity index (χ3n) is 2.10. The molecule has 0 aliphatic carbocycles. The number of hydrogen-bond acceptors (Lipinski definition) is 3. The summed E-state index contributed by atoms with van der Waals surface area (Å²) in [6, 6.07) is 1.94. The van der Waals surface area contributed by atoms with Crippen LogP contribution >= 0.6 is 11.3 Å². The normalized spacial score (nSPS) is 12.4. The van der Waals surface area contributed by atoms with Gasteiger partial charge >= 0.3 is 0 Å². The number of aliphatic hydroxyl groups excluding tert-OH is 1. The topological polar surface area (TPSA) is 49.3 Å². The smallest absolute Gasteiger partial charge is 0.224 e. The predicted molar refractivity (Wildman–Crippen MR) is 61.9 cm³/mol. The molecule has 3 nitrogen and oxygen atoms in total. The molecule has 0 aliphatic rings. The molecule has 1 rings (SSSR count). The number of aliphatic hydroxyl groups is 1. The highest BCUT2D eigenvalue weighted by Gasteiger charge is 2.06. The van der Waals surface area contributed by atoms with E-state index in [0.717, 1.165) is 18.4 Å². The SMILES string of the molecule is CCCC(O)CNC(=O)Cc1ccsc1. The zero-order valence-corrected chi connectivity index (χ0v) is 9.72. The minimum Gasteiger partial charge on any atom is -0.391 e. The van der Waals surface area contributed by atoms with Crippen molar-refractivity contribution in [2.75, 3.05) is 6.54 Å². The quantitative estimate of drug-likeness (QED) is 0.775. The van der Waals surface area contributed by atoms with Crippen molar-refractivity contribution < 1.29 is 9.90 Å². The van der Waals surface area contributed by atoms with Gasteiger partial charge in [-0.1, -0.05) is 13.3 Å². The maximum atomic E-state index is 11.4. The van der Waals surface area contributed by atoms with Crippen molar-refractivity contribution in [3.63, 3.8) is 0 Å². The molecule has 15 heavy (non-hydrogen) atoms. The first kappa shape index (κ1) is 12.2. The molecule has 0 aliphatic heterocycles. The van der Waals surface area contributed by atoms with Crippen molar-refractivity contribution in [3.05, 3.63) is 22.4 Å². The van der Waals surface area contributed by atoms with Gasteiger partial charge in [-0.25, -0.2) is 0 Å². The number of carbonyl (C=O) groups is 1. The molecule has 1 amide bonds. The van der Waals surface area contributed by atoms with E-state index in [1.54, 1.807) is 11.3 Å². The van der Waals surface area contributed by atoms with E-state index >= 15 is 0 Å². The Balaban J connectivity index is 2.19. The average molecular weight is 227 g/mol. The fraction of sp³-hybridized carbons (Fsp3) is 0.545. The monoisotopic (exact) mass is 227 g/mol. The van der Waals surface area contributed by atoms with Crippen LogP contribution in [-0.4, -0.2) is 23.7 Å². The summed E-state index contributed by atoms with van der Waals surface area (Å²) in [4.78, 5) is 11.4. The van der Waals surface area contributed by atoms with Gasteiger partial charge in [0.25, 0.3) is 0 Å². The molecule has 0 bridgehead atoms. The molecule has 1 aromatic rings. The Hall–Kier alpha value is -0.870. The molecule has 1 atom stereocenters. The number of amides is 1. The second-order valence-corrected chi connectivity index (χ2v) is 4.33. The van der Waals surface area contributed by atoms with Crippen molar-refractivity contribution in [3.8, 4) is 0 Å². The minimum absolute atomic E-state index is 0.0245. The van der Waals surface area contributed by atoms with E-state index in [4.69, 9.17) is 0 Å². The molecule has 1 aromatic heterocycles. The van der Waals surface area contributed by atoms with E-state index in [-0.39, 0.29) is 5.91 Å². The zero-order valence-electron chi connectivity index (χ0n) is 8.90. The van der Waals surface area contributed by atoms with Crippen LogP contribution in [0.25, 0.3) is 0 Å².